The van der Waals surface area contributed by atoms with Gasteiger partial charge in [0.05, 0.1) is 32.0 Å². The van der Waals surface area contributed by atoms with Gasteiger partial charge < -0.3 is 24.4 Å². The van der Waals surface area contributed by atoms with Crippen molar-refractivity contribution in [2.75, 3.05) is 26.8 Å². The molecule has 2 N–H and O–H groups in total. The van der Waals surface area contributed by atoms with Crippen LogP contribution in [0.4, 0.5) is 0 Å². The van der Waals surface area contributed by atoms with Gasteiger partial charge in [-0.3, -0.25) is 9.69 Å². The first kappa shape index (κ1) is 26.9. The number of likely N-dealkylation sites (tertiary alicyclic amines) is 1. The van der Waals surface area contributed by atoms with Crippen LogP contribution in [0.5, 0.6) is 5.75 Å². The zero-order valence-electron chi connectivity index (χ0n) is 21.1. The zero-order chi connectivity index (χ0) is 25.8. The lowest BCUT2D eigenvalue weighted by Gasteiger charge is -2.43. The van der Waals surface area contributed by atoms with E-state index in [4.69, 9.17) is 25.8 Å². The summed E-state index contributed by atoms with van der Waals surface area (Å²) in [5, 5.41) is 22.4. The van der Waals surface area contributed by atoms with Gasteiger partial charge in [0.25, 0.3) is 0 Å². The Bertz CT molecular complexity index is 1030. The molecular formula is C28H36ClNO6. The van der Waals surface area contributed by atoms with Crippen molar-refractivity contribution < 1.29 is 29.2 Å². The van der Waals surface area contributed by atoms with Gasteiger partial charge in [-0.2, -0.15) is 0 Å². The van der Waals surface area contributed by atoms with Gasteiger partial charge in [0.2, 0.25) is 0 Å². The second-order valence-corrected chi connectivity index (χ2v) is 10.1. The highest BCUT2D eigenvalue weighted by molar-refractivity contribution is 6.31. The van der Waals surface area contributed by atoms with E-state index >= 15 is 0 Å². The average molecular weight is 518 g/mol. The monoisotopic (exact) mass is 517 g/mol. The Morgan fingerprint density at radius 1 is 1.17 bits per heavy atom. The van der Waals surface area contributed by atoms with E-state index in [0.717, 1.165) is 35.4 Å². The lowest BCUT2D eigenvalue weighted by atomic mass is 9.84. The first-order valence-electron chi connectivity index (χ1n) is 12.7. The molecule has 8 heteroatoms. The summed E-state index contributed by atoms with van der Waals surface area (Å²) in [4.78, 5) is 14.2. The first-order chi connectivity index (χ1) is 17.3. The van der Waals surface area contributed by atoms with E-state index in [0.29, 0.717) is 31.0 Å². The van der Waals surface area contributed by atoms with Gasteiger partial charge in [0.15, 0.2) is 0 Å². The van der Waals surface area contributed by atoms with Gasteiger partial charge in [0.1, 0.15) is 17.9 Å². The Labute approximate surface area is 217 Å². The van der Waals surface area contributed by atoms with Crippen molar-refractivity contribution in [1.29, 1.82) is 0 Å². The van der Waals surface area contributed by atoms with E-state index in [1.54, 1.807) is 0 Å². The van der Waals surface area contributed by atoms with Gasteiger partial charge in [-0.05, 0) is 67.6 Å². The third kappa shape index (κ3) is 5.87. The highest BCUT2D eigenvalue weighted by Gasteiger charge is 2.45. The fourth-order valence-electron chi connectivity index (χ4n) is 5.31. The molecular weight excluding hydrogens is 482 g/mol. The summed E-state index contributed by atoms with van der Waals surface area (Å²) in [6, 6.07) is 13.4. The number of hydrogen-bond donors (Lipinski definition) is 2. The smallest absolute Gasteiger partial charge is 0.323 e. The maximum atomic E-state index is 12.2. The number of methoxy groups -OCH3 is 1. The minimum absolute atomic E-state index is 0.278. The average Bonchev–Trinajstić information content (AvgIpc) is 3.35. The van der Waals surface area contributed by atoms with E-state index in [9.17, 15) is 15.0 Å². The van der Waals surface area contributed by atoms with Gasteiger partial charge >= 0.3 is 5.97 Å². The normalized spacial score (nSPS) is 28.7. The van der Waals surface area contributed by atoms with Crippen LogP contribution in [0.2, 0.25) is 5.02 Å². The molecule has 196 valence electrons. The maximum Gasteiger partial charge on any atom is 0.323 e. The highest BCUT2D eigenvalue weighted by atomic mass is 35.5. The number of carbonyl (C=O) groups is 1. The molecule has 2 aromatic carbocycles. The quantitative estimate of drug-likeness (QED) is 0.515. The number of rotatable bonds is 8. The third-order valence-electron chi connectivity index (χ3n) is 7.35. The van der Waals surface area contributed by atoms with E-state index in [-0.39, 0.29) is 17.9 Å². The number of nitrogens with zero attached hydrogens (tertiary/aromatic N) is 1. The molecule has 0 aliphatic carbocycles. The second-order valence-electron chi connectivity index (χ2n) is 9.72. The van der Waals surface area contributed by atoms with Gasteiger partial charge in [-0.15, -0.1) is 0 Å². The van der Waals surface area contributed by atoms with Crippen LogP contribution in [0.15, 0.2) is 42.5 Å². The molecule has 2 saturated heterocycles. The van der Waals surface area contributed by atoms with Crippen LogP contribution in [-0.2, 0) is 20.7 Å². The highest BCUT2D eigenvalue weighted by Crippen LogP contribution is 2.39. The number of carbonyl (C=O) groups excluding carboxylic acids is 1. The molecule has 2 aliphatic heterocycles. The van der Waals surface area contributed by atoms with Crippen LogP contribution in [0, 0.1) is 5.92 Å². The topological polar surface area (TPSA) is 88.5 Å². The number of aliphatic hydroxyl groups excluding tert-OH is 2. The van der Waals surface area contributed by atoms with Crippen LogP contribution in [0.1, 0.15) is 49.5 Å². The summed E-state index contributed by atoms with van der Waals surface area (Å²) < 4.78 is 16.9. The van der Waals surface area contributed by atoms with Gasteiger partial charge in [-0.25, -0.2) is 0 Å². The van der Waals surface area contributed by atoms with Crippen molar-refractivity contribution in [3.8, 4) is 5.75 Å². The van der Waals surface area contributed by atoms with Crippen molar-refractivity contribution >= 4 is 17.6 Å². The summed E-state index contributed by atoms with van der Waals surface area (Å²) in [7, 11) is 1.39. The Balaban J connectivity index is 1.52. The molecule has 2 fully saturated rings. The van der Waals surface area contributed by atoms with E-state index in [2.05, 4.69) is 0 Å². The number of benzene rings is 2. The SMILES string of the molecule is CCOc1ccc(Cc2cc(C3OC(CN4CCCC4C(=O)OC)C(O)C(O)C3C)ccc2Cl)cc1. The van der Waals surface area contributed by atoms with Crippen molar-refractivity contribution in [3.63, 3.8) is 0 Å². The predicted molar refractivity (Wildman–Crippen MR) is 137 cm³/mol. The Kier molecular flexibility index (Phi) is 8.91. The molecule has 2 aromatic rings. The summed E-state index contributed by atoms with van der Waals surface area (Å²) >= 11 is 6.55. The Hall–Kier alpha value is -2.16. The molecule has 6 atom stereocenters. The van der Waals surface area contributed by atoms with Crippen molar-refractivity contribution in [2.24, 2.45) is 5.92 Å². The second kappa shape index (κ2) is 11.9. The minimum Gasteiger partial charge on any atom is -0.494 e. The number of ether oxygens (including phenoxy) is 3. The molecule has 6 unspecified atom stereocenters. The summed E-state index contributed by atoms with van der Waals surface area (Å²) in [6.07, 6.45) is -0.853. The predicted octanol–water partition coefficient (Wildman–Crippen LogP) is 3.76. The van der Waals surface area contributed by atoms with Crippen LogP contribution in [-0.4, -0.2) is 72.2 Å². The number of halogens is 1. The minimum atomic E-state index is -1.05. The fraction of sp³-hybridized carbons (Fsp3) is 0.536. The molecule has 36 heavy (non-hydrogen) atoms. The third-order valence-corrected chi connectivity index (χ3v) is 7.72. The lowest BCUT2D eigenvalue weighted by Crippen LogP contribution is -2.55. The summed E-state index contributed by atoms with van der Waals surface area (Å²) in [5.41, 5.74) is 2.96. The van der Waals surface area contributed by atoms with Crippen molar-refractivity contribution in [1.82, 2.24) is 4.90 Å². The Morgan fingerprint density at radius 2 is 1.92 bits per heavy atom. The van der Waals surface area contributed by atoms with Crippen molar-refractivity contribution in [2.45, 2.75) is 63.6 Å². The van der Waals surface area contributed by atoms with Crippen molar-refractivity contribution in [3.05, 3.63) is 64.2 Å². The number of esters is 1. The molecule has 4 rings (SSSR count). The Morgan fingerprint density at radius 3 is 2.61 bits per heavy atom. The molecule has 2 aliphatic rings. The van der Waals surface area contributed by atoms with Crippen LogP contribution in [0.3, 0.4) is 0 Å². The molecule has 0 saturated carbocycles. The maximum absolute atomic E-state index is 12.2. The molecule has 0 bridgehead atoms. The largest absolute Gasteiger partial charge is 0.494 e. The molecule has 0 aromatic heterocycles. The molecule has 0 spiro atoms. The standard InChI is InChI=1S/C28H36ClNO6/c1-4-35-21-10-7-18(8-11-21)14-20-15-19(9-12-22(20)29)27-17(2)25(31)26(32)24(36-27)16-30-13-5-6-23(30)28(33)34-3/h7-12,15,17,23-27,31-32H,4-6,13-14,16H2,1-3H3. The first-order valence-corrected chi connectivity index (χ1v) is 13.0. The number of hydrogen-bond acceptors (Lipinski definition) is 7. The van der Waals surface area contributed by atoms with Crippen LogP contribution >= 0.6 is 11.6 Å². The van der Waals surface area contributed by atoms with Crippen LogP contribution in [0.25, 0.3) is 0 Å². The fourth-order valence-corrected chi connectivity index (χ4v) is 5.50. The molecule has 0 radical (unpaired) electrons. The summed E-state index contributed by atoms with van der Waals surface area (Å²) in [5.74, 6) is 0.224. The number of aliphatic hydroxyl groups is 2. The zero-order valence-corrected chi connectivity index (χ0v) is 21.9. The van der Waals surface area contributed by atoms with Gasteiger partial charge in [-0.1, -0.05) is 42.8 Å². The molecule has 0 amide bonds. The molecule has 7 nitrogen and oxygen atoms in total. The summed E-state index contributed by atoms with van der Waals surface area (Å²) in [6.45, 7) is 5.51. The molecule has 2 heterocycles. The van der Waals surface area contributed by atoms with Crippen LogP contribution < -0.4 is 4.74 Å². The van der Waals surface area contributed by atoms with Gasteiger partial charge in [0, 0.05) is 17.5 Å². The lowest BCUT2D eigenvalue weighted by molar-refractivity contribution is -0.204. The van der Waals surface area contributed by atoms with E-state index in [1.165, 1.54) is 7.11 Å². The van der Waals surface area contributed by atoms with E-state index < -0.39 is 24.4 Å². The van der Waals surface area contributed by atoms with E-state index in [1.807, 2.05) is 61.2 Å².